The molecule has 2 atom stereocenters. The Labute approximate surface area is 270 Å². The molecular formula is C33H44N4O7S2. The third-order valence-corrected chi connectivity index (χ3v) is 11.6. The van der Waals surface area contributed by atoms with E-state index in [2.05, 4.69) is 36.8 Å². The van der Waals surface area contributed by atoms with Gasteiger partial charge >= 0.3 is 5.97 Å². The summed E-state index contributed by atoms with van der Waals surface area (Å²) in [6.45, 7) is 10.1. The first-order chi connectivity index (χ1) is 21.6. The van der Waals surface area contributed by atoms with Gasteiger partial charge in [0.2, 0.25) is 0 Å². The highest BCUT2D eigenvalue weighted by molar-refractivity contribution is 7.91. The van der Waals surface area contributed by atoms with Gasteiger partial charge in [-0.3, -0.25) is 0 Å². The number of aryl methyl sites for hydroxylation is 2. The maximum atomic E-state index is 12.1. The van der Waals surface area contributed by atoms with E-state index in [9.17, 15) is 26.7 Å². The highest BCUT2D eigenvalue weighted by Gasteiger charge is 2.30. The Morgan fingerprint density at radius 3 is 1.70 bits per heavy atom. The fraction of sp³-hybridized carbons (Fsp3) is 0.545. The largest absolute Gasteiger partial charge is 0.465 e. The van der Waals surface area contributed by atoms with E-state index >= 15 is 0 Å². The van der Waals surface area contributed by atoms with Gasteiger partial charge in [-0.2, -0.15) is 0 Å². The molecule has 2 aliphatic rings. The average molecular weight is 673 g/mol. The number of aliphatic hydroxyl groups is 1. The van der Waals surface area contributed by atoms with E-state index in [0.29, 0.717) is 34.8 Å². The van der Waals surface area contributed by atoms with Gasteiger partial charge in [0.15, 0.2) is 19.7 Å². The maximum Gasteiger partial charge on any atom is 0.339 e. The van der Waals surface area contributed by atoms with Crippen LogP contribution in [-0.2, 0) is 44.1 Å². The van der Waals surface area contributed by atoms with Crippen molar-refractivity contribution in [1.29, 1.82) is 0 Å². The summed E-state index contributed by atoms with van der Waals surface area (Å²) >= 11 is 0. The van der Waals surface area contributed by atoms with Crippen LogP contribution in [0, 0.1) is 11.8 Å². The molecule has 250 valence electrons. The number of carbonyl (C=O) groups is 1. The van der Waals surface area contributed by atoms with Gasteiger partial charge in [0.05, 0.1) is 51.1 Å². The zero-order valence-corrected chi connectivity index (χ0v) is 29.2. The molecule has 2 aromatic heterocycles. The molecule has 6 rings (SSSR count). The van der Waals surface area contributed by atoms with E-state index in [-0.39, 0.29) is 22.0 Å². The smallest absolute Gasteiger partial charge is 0.339 e. The second kappa shape index (κ2) is 12.7. The molecule has 0 fully saturated rings. The first-order valence-electron chi connectivity index (χ1n) is 15.7. The zero-order chi connectivity index (χ0) is 33.7. The van der Waals surface area contributed by atoms with Crippen LogP contribution in [0.1, 0.15) is 92.8 Å². The Morgan fingerprint density at radius 2 is 1.28 bits per heavy atom. The topological polar surface area (TPSA) is 150 Å². The number of carbonyl (C=O) groups excluding carboxylic acids is 1. The number of imidazole rings is 2. The van der Waals surface area contributed by atoms with Crippen LogP contribution >= 0.6 is 0 Å². The summed E-state index contributed by atoms with van der Waals surface area (Å²) < 4.78 is 57.2. The minimum atomic E-state index is -3.56. The third kappa shape index (κ3) is 6.33. The van der Waals surface area contributed by atoms with Crippen molar-refractivity contribution >= 4 is 47.7 Å². The number of nitrogens with zero attached hydrogens (tertiary/aromatic N) is 4. The monoisotopic (exact) mass is 672 g/mol. The number of hydrogen-bond acceptors (Lipinski definition) is 9. The number of hydrogen-bond donors (Lipinski definition) is 1. The number of ether oxygens (including phenoxy) is 1. The van der Waals surface area contributed by atoms with Crippen LogP contribution in [0.4, 0.5) is 0 Å². The molecule has 0 aliphatic carbocycles. The molecule has 0 amide bonds. The highest BCUT2D eigenvalue weighted by atomic mass is 32.2. The van der Waals surface area contributed by atoms with Crippen molar-refractivity contribution in [2.24, 2.45) is 11.8 Å². The van der Waals surface area contributed by atoms with Gasteiger partial charge in [-0.1, -0.05) is 27.7 Å². The number of methoxy groups -OCH3 is 1. The van der Waals surface area contributed by atoms with Crippen molar-refractivity contribution < 1.29 is 31.5 Å². The second-order valence-corrected chi connectivity index (χ2v) is 17.2. The van der Waals surface area contributed by atoms with E-state index in [1.165, 1.54) is 13.4 Å². The molecule has 1 N–H and O–H groups in total. The van der Waals surface area contributed by atoms with Crippen molar-refractivity contribution in [3.8, 4) is 0 Å². The third-order valence-electron chi connectivity index (χ3n) is 9.28. The quantitative estimate of drug-likeness (QED) is 0.272. The Bertz CT molecular complexity index is 2030. The molecule has 0 spiro atoms. The van der Waals surface area contributed by atoms with E-state index < -0.39 is 25.6 Å². The molecule has 0 radical (unpaired) electrons. The molecule has 0 saturated carbocycles. The molecule has 2 aliphatic heterocycles. The van der Waals surface area contributed by atoms with Gasteiger partial charge in [0.1, 0.15) is 11.6 Å². The molecule has 4 aromatic rings. The standard InChI is InChI=1S/C17H22N2O4S.C16H22N2O3S/c1-10(2)11-6-5-7-19-14-9-15(24(4,21)22)12(17(20)23-3)8-13(14)18-16(11)19;1-10(2)12-5-4-6-18-14-8-15(22(3,20)21)11(9-19)7-13(14)17-16(12)18/h8-11H,5-7H2,1-4H3;7-8,10,12,19H,4-6,9H2,1-3H3/t11-;12-/m11/s1. The van der Waals surface area contributed by atoms with Crippen LogP contribution in [-0.4, -0.2) is 66.6 Å². The Balaban J connectivity index is 0.000000182. The first kappa shape index (κ1) is 34.1. The summed E-state index contributed by atoms with van der Waals surface area (Å²) in [5.41, 5.74) is 3.52. The predicted octanol–water partition coefficient (Wildman–Crippen LogP) is 5.23. The van der Waals surface area contributed by atoms with Crippen molar-refractivity contribution in [3.05, 3.63) is 47.0 Å². The summed E-state index contributed by atoms with van der Waals surface area (Å²) in [4.78, 5) is 21.7. The Hall–Kier alpha value is -3.29. The summed E-state index contributed by atoms with van der Waals surface area (Å²) in [6.07, 6.45) is 6.59. The van der Waals surface area contributed by atoms with Crippen LogP contribution in [0.15, 0.2) is 34.1 Å². The normalized spacial score (nSPS) is 18.4. The second-order valence-electron chi connectivity index (χ2n) is 13.2. The molecular weight excluding hydrogens is 629 g/mol. The number of esters is 1. The summed E-state index contributed by atoms with van der Waals surface area (Å²) in [5.74, 6) is 3.06. The predicted molar refractivity (Wildman–Crippen MR) is 177 cm³/mol. The number of sulfone groups is 2. The lowest BCUT2D eigenvalue weighted by Gasteiger charge is -2.26. The van der Waals surface area contributed by atoms with Crippen LogP contribution in [0.3, 0.4) is 0 Å². The van der Waals surface area contributed by atoms with Crippen LogP contribution in [0.2, 0.25) is 0 Å². The fourth-order valence-electron chi connectivity index (χ4n) is 6.93. The molecule has 2 aromatic carbocycles. The maximum absolute atomic E-state index is 12.1. The molecule has 0 saturated heterocycles. The van der Waals surface area contributed by atoms with E-state index in [4.69, 9.17) is 14.7 Å². The number of fused-ring (bicyclic) bond motifs is 6. The van der Waals surface area contributed by atoms with Crippen LogP contribution in [0.25, 0.3) is 22.1 Å². The van der Waals surface area contributed by atoms with Crippen molar-refractivity contribution in [3.63, 3.8) is 0 Å². The first-order valence-corrected chi connectivity index (χ1v) is 19.5. The fourth-order valence-corrected chi connectivity index (χ4v) is 8.72. The minimum Gasteiger partial charge on any atom is -0.465 e. The van der Waals surface area contributed by atoms with Crippen molar-refractivity contribution in [1.82, 2.24) is 19.1 Å². The van der Waals surface area contributed by atoms with Gasteiger partial charge < -0.3 is 19.0 Å². The molecule has 13 heteroatoms. The van der Waals surface area contributed by atoms with Gasteiger partial charge in [-0.15, -0.1) is 0 Å². The Morgan fingerprint density at radius 1 is 0.826 bits per heavy atom. The number of benzene rings is 2. The molecule has 46 heavy (non-hydrogen) atoms. The minimum absolute atomic E-state index is 0.00350. The molecule has 0 bridgehead atoms. The van der Waals surface area contributed by atoms with Crippen molar-refractivity contribution in [2.45, 2.75) is 94.7 Å². The van der Waals surface area contributed by atoms with Gasteiger partial charge in [-0.25, -0.2) is 31.6 Å². The summed E-state index contributed by atoms with van der Waals surface area (Å²) in [7, 11) is -5.69. The number of aliphatic hydroxyl groups excluding tert-OH is 1. The van der Waals surface area contributed by atoms with Crippen LogP contribution in [0.5, 0.6) is 0 Å². The zero-order valence-electron chi connectivity index (χ0n) is 27.6. The van der Waals surface area contributed by atoms with Gasteiger partial charge in [-0.05, 0) is 67.3 Å². The summed E-state index contributed by atoms with van der Waals surface area (Å²) in [6, 6.07) is 6.50. The summed E-state index contributed by atoms with van der Waals surface area (Å²) in [5, 5.41) is 9.49. The van der Waals surface area contributed by atoms with Gasteiger partial charge in [0, 0.05) is 37.4 Å². The van der Waals surface area contributed by atoms with Crippen LogP contribution < -0.4 is 0 Å². The number of rotatable bonds is 6. The SMILES string of the molecule is CC(C)[C@H]1CCCn2c1nc1cc(CO)c(S(C)(=O)=O)cc12.COC(=O)c1cc2nc3n(c2cc1S(C)(=O)=O)CCC[C@@H]3C(C)C. The Kier molecular flexibility index (Phi) is 9.42. The van der Waals surface area contributed by atoms with E-state index in [1.807, 2.05) is 0 Å². The highest BCUT2D eigenvalue weighted by Crippen LogP contribution is 2.38. The molecule has 4 heterocycles. The lowest BCUT2D eigenvalue weighted by Crippen LogP contribution is -2.19. The average Bonchev–Trinajstić information content (AvgIpc) is 3.55. The van der Waals surface area contributed by atoms with Gasteiger partial charge in [0.25, 0.3) is 0 Å². The molecule has 0 unspecified atom stereocenters. The lowest BCUT2D eigenvalue weighted by atomic mass is 9.88. The van der Waals surface area contributed by atoms with E-state index in [1.54, 1.807) is 24.3 Å². The number of aromatic nitrogens is 4. The van der Waals surface area contributed by atoms with Crippen molar-refractivity contribution in [2.75, 3.05) is 19.6 Å². The lowest BCUT2D eigenvalue weighted by molar-refractivity contribution is 0.0596. The molecule has 11 nitrogen and oxygen atoms in total. The van der Waals surface area contributed by atoms with E-state index in [0.717, 1.165) is 73.2 Å².